The Morgan fingerprint density at radius 2 is 1.63 bits per heavy atom. The van der Waals surface area contributed by atoms with Crippen molar-refractivity contribution in [1.29, 1.82) is 0 Å². The van der Waals surface area contributed by atoms with E-state index in [1.54, 1.807) is 31.3 Å². The number of carbonyl (C=O) groups is 3. The number of hydrogen-bond donors (Lipinski definition) is 1. The molecule has 0 atom stereocenters. The normalized spacial score (nSPS) is 10.7. The molecule has 0 spiro atoms. The number of H-pyrrole nitrogens is 1. The molecule has 4 rings (SSSR count). The van der Waals surface area contributed by atoms with Gasteiger partial charge in [0, 0.05) is 12.6 Å². The first kappa shape index (κ1) is 23.7. The van der Waals surface area contributed by atoms with E-state index >= 15 is 0 Å². The summed E-state index contributed by atoms with van der Waals surface area (Å²) >= 11 is 0. The van der Waals surface area contributed by atoms with Crippen LogP contribution in [0.15, 0.2) is 78.9 Å². The van der Waals surface area contributed by atoms with Crippen LogP contribution in [0, 0.1) is 0 Å². The zero-order valence-corrected chi connectivity index (χ0v) is 19.3. The number of nitrogens with one attached hydrogen (secondary N) is 1. The lowest BCUT2D eigenvalue weighted by Gasteiger charge is -2.16. The number of amides is 1. The lowest BCUT2D eigenvalue weighted by Crippen LogP contribution is -2.33. The molecule has 0 bridgehead atoms. The summed E-state index contributed by atoms with van der Waals surface area (Å²) in [5, 5.41) is 0. The number of hydrogen-bond acceptors (Lipinski definition) is 6. The number of aromatic nitrogens is 2. The lowest BCUT2D eigenvalue weighted by atomic mass is 10.1. The summed E-state index contributed by atoms with van der Waals surface area (Å²) in [6.45, 7) is -0.122. The molecular weight excluding hydrogens is 446 g/mol. The largest absolute Gasteiger partial charge is 0.482 e. The van der Waals surface area contributed by atoms with Crippen LogP contribution in [0.1, 0.15) is 21.7 Å². The molecule has 0 aliphatic heterocycles. The van der Waals surface area contributed by atoms with Crippen molar-refractivity contribution in [2.45, 2.75) is 13.0 Å². The van der Waals surface area contributed by atoms with Gasteiger partial charge in [-0.05, 0) is 42.0 Å². The number of esters is 1. The third-order valence-electron chi connectivity index (χ3n) is 5.34. The molecule has 35 heavy (non-hydrogen) atoms. The topological polar surface area (TPSA) is 102 Å². The number of likely N-dealkylation sites (N-methyl/N-ethyl adjacent to an activating group) is 1. The maximum Gasteiger partial charge on any atom is 0.344 e. The van der Waals surface area contributed by atoms with E-state index in [1.165, 1.54) is 4.90 Å². The minimum atomic E-state index is -0.487. The number of nitrogens with zero attached hydrogens (tertiary/aromatic N) is 2. The summed E-state index contributed by atoms with van der Waals surface area (Å²) in [4.78, 5) is 46.0. The van der Waals surface area contributed by atoms with Crippen molar-refractivity contribution in [3.8, 4) is 5.75 Å². The molecular formula is C27H25N3O5. The van der Waals surface area contributed by atoms with Crippen molar-refractivity contribution in [3.63, 3.8) is 0 Å². The fourth-order valence-electron chi connectivity index (χ4n) is 3.42. The molecule has 0 aliphatic rings. The molecule has 0 fully saturated rings. The molecule has 0 saturated heterocycles. The van der Waals surface area contributed by atoms with Crippen LogP contribution in [0.2, 0.25) is 0 Å². The lowest BCUT2D eigenvalue weighted by molar-refractivity contribution is -0.147. The Bertz CT molecular complexity index is 1280. The van der Waals surface area contributed by atoms with Crippen LogP contribution >= 0.6 is 0 Å². The number of aromatic amines is 1. The van der Waals surface area contributed by atoms with Gasteiger partial charge in [-0.2, -0.15) is 0 Å². The first-order chi connectivity index (χ1) is 17.0. The zero-order chi connectivity index (χ0) is 24.6. The highest BCUT2D eigenvalue weighted by Gasteiger charge is 2.17. The summed E-state index contributed by atoms with van der Waals surface area (Å²) in [5.41, 5.74) is 2.98. The monoisotopic (exact) mass is 471 g/mol. The summed E-state index contributed by atoms with van der Waals surface area (Å²) in [5.74, 6) is 0.0797. The third-order valence-corrected chi connectivity index (χ3v) is 5.34. The second kappa shape index (κ2) is 11.1. The number of fused-ring (bicyclic) bond motifs is 1. The predicted molar refractivity (Wildman–Crippen MR) is 130 cm³/mol. The van der Waals surface area contributed by atoms with E-state index in [-0.39, 0.29) is 37.9 Å². The maximum absolute atomic E-state index is 12.6. The van der Waals surface area contributed by atoms with Crippen molar-refractivity contribution in [2.24, 2.45) is 0 Å². The van der Waals surface area contributed by atoms with Gasteiger partial charge in [0.05, 0.1) is 24.0 Å². The molecule has 0 saturated carbocycles. The fourth-order valence-corrected chi connectivity index (χ4v) is 3.42. The van der Waals surface area contributed by atoms with Crippen LogP contribution in [0.25, 0.3) is 11.0 Å². The van der Waals surface area contributed by atoms with Crippen LogP contribution in [-0.2, 0) is 27.4 Å². The molecule has 3 aromatic carbocycles. The molecule has 1 aromatic heterocycles. The van der Waals surface area contributed by atoms with Gasteiger partial charge in [-0.1, -0.05) is 42.5 Å². The van der Waals surface area contributed by atoms with E-state index in [0.29, 0.717) is 17.1 Å². The molecule has 1 N–H and O–H groups in total. The number of benzene rings is 3. The van der Waals surface area contributed by atoms with Gasteiger partial charge in [0.1, 0.15) is 18.2 Å². The van der Waals surface area contributed by atoms with E-state index < -0.39 is 5.97 Å². The average molecular weight is 472 g/mol. The predicted octanol–water partition coefficient (Wildman–Crippen LogP) is 3.57. The SMILES string of the molecule is CN(CC(=O)c1ccc(OCC(=O)OCc2ccccc2)cc1)C(=O)Cc1nc2ccccc2[nH]1. The van der Waals surface area contributed by atoms with Crippen LogP contribution < -0.4 is 4.74 Å². The first-order valence-corrected chi connectivity index (χ1v) is 11.1. The van der Waals surface area contributed by atoms with Gasteiger partial charge in [0.2, 0.25) is 5.91 Å². The molecule has 0 unspecified atom stereocenters. The Kier molecular flexibility index (Phi) is 7.52. The Balaban J connectivity index is 1.23. The van der Waals surface area contributed by atoms with Crippen LogP contribution in [0.3, 0.4) is 0 Å². The number of Topliss-reactive ketones (excluding diaryl/α,β-unsaturated/α-hetero) is 1. The van der Waals surface area contributed by atoms with Crippen molar-refractivity contribution in [1.82, 2.24) is 14.9 Å². The molecule has 8 heteroatoms. The summed E-state index contributed by atoms with van der Waals surface area (Å²) < 4.78 is 10.6. The standard InChI is InChI=1S/C27H25N3O5/c1-30(26(32)15-25-28-22-9-5-6-10-23(22)29-25)16-24(31)20-11-13-21(14-12-20)34-18-27(33)35-17-19-7-3-2-4-8-19/h2-14H,15-18H2,1H3,(H,28,29). The molecule has 8 nitrogen and oxygen atoms in total. The summed E-state index contributed by atoms with van der Waals surface area (Å²) in [7, 11) is 1.58. The Morgan fingerprint density at radius 1 is 0.914 bits per heavy atom. The second-order valence-corrected chi connectivity index (χ2v) is 8.01. The highest BCUT2D eigenvalue weighted by molar-refractivity contribution is 5.99. The van der Waals surface area contributed by atoms with E-state index in [0.717, 1.165) is 16.6 Å². The number of carbonyl (C=O) groups excluding carboxylic acids is 3. The molecule has 1 amide bonds. The van der Waals surface area contributed by atoms with Gasteiger partial charge in [-0.15, -0.1) is 0 Å². The summed E-state index contributed by atoms with van der Waals surface area (Å²) in [6.07, 6.45) is 0.0750. The molecule has 4 aromatic rings. The second-order valence-electron chi connectivity index (χ2n) is 8.01. The van der Waals surface area contributed by atoms with E-state index in [4.69, 9.17) is 9.47 Å². The van der Waals surface area contributed by atoms with Crippen LogP contribution in [0.5, 0.6) is 5.75 Å². The Labute approximate surface area is 202 Å². The quantitative estimate of drug-likeness (QED) is 0.280. The van der Waals surface area contributed by atoms with E-state index in [1.807, 2.05) is 54.6 Å². The van der Waals surface area contributed by atoms with Crippen molar-refractivity contribution >= 4 is 28.7 Å². The highest BCUT2D eigenvalue weighted by atomic mass is 16.6. The summed E-state index contributed by atoms with van der Waals surface area (Å²) in [6, 6.07) is 23.3. The zero-order valence-electron chi connectivity index (χ0n) is 19.3. The van der Waals surface area contributed by atoms with Crippen molar-refractivity contribution in [2.75, 3.05) is 20.2 Å². The smallest absolute Gasteiger partial charge is 0.344 e. The van der Waals surface area contributed by atoms with Gasteiger partial charge in [0.15, 0.2) is 12.4 Å². The molecule has 0 radical (unpaired) electrons. The molecule has 1 heterocycles. The van der Waals surface area contributed by atoms with Gasteiger partial charge in [-0.3, -0.25) is 9.59 Å². The fraction of sp³-hybridized carbons (Fsp3) is 0.185. The number of ether oxygens (including phenoxy) is 2. The van der Waals surface area contributed by atoms with Gasteiger partial charge in [-0.25, -0.2) is 9.78 Å². The van der Waals surface area contributed by atoms with Crippen LogP contribution in [0.4, 0.5) is 0 Å². The van der Waals surface area contributed by atoms with Crippen molar-refractivity contribution < 1.29 is 23.9 Å². The maximum atomic E-state index is 12.6. The number of ketones is 1. The third kappa shape index (κ3) is 6.54. The van der Waals surface area contributed by atoms with Gasteiger partial charge in [0.25, 0.3) is 0 Å². The minimum Gasteiger partial charge on any atom is -0.482 e. The Morgan fingerprint density at radius 3 is 2.37 bits per heavy atom. The van der Waals surface area contributed by atoms with Gasteiger partial charge >= 0.3 is 5.97 Å². The molecule has 178 valence electrons. The van der Waals surface area contributed by atoms with Gasteiger partial charge < -0.3 is 19.4 Å². The number of para-hydroxylation sites is 2. The number of rotatable bonds is 10. The first-order valence-electron chi connectivity index (χ1n) is 11.1. The van der Waals surface area contributed by atoms with Crippen molar-refractivity contribution in [3.05, 3.63) is 95.8 Å². The van der Waals surface area contributed by atoms with E-state index in [2.05, 4.69) is 9.97 Å². The van der Waals surface area contributed by atoms with Crippen LogP contribution in [-0.4, -0.2) is 52.7 Å². The number of imidazole rings is 1. The Hall–Kier alpha value is -4.46. The van der Waals surface area contributed by atoms with E-state index in [9.17, 15) is 14.4 Å². The molecule has 0 aliphatic carbocycles. The minimum absolute atomic E-state index is 0.0644. The average Bonchev–Trinajstić information content (AvgIpc) is 3.29. The highest BCUT2D eigenvalue weighted by Crippen LogP contribution is 2.14.